The summed E-state index contributed by atoms with van der Waals surface area (Å²) in [6.07, 6.45) is 0.578. The molecule has 1 aliphatic rings. The number of amides is 1. The molecule has 164 valence electrons. The van der Waals surface area contributed by atoms with Crippen LogP contribution in [0.25, 0.3) is 0 Å². The van der Waals surface area contributed by atoms with E-state index in [9.17, 15) is 19.3 Å². The van der Waals surface area contributed by atoms with E-state index < -0.39 is 10.7 Å². The highest BCUT2D eigenvalue weighted by Gasteiger charge is 2.25. The molecule has 0 bridgehead atoms. The lowest BCUT2D eigenvalue weighted by atomic mass is 9.98. The minimum atomic E-state index is -0.600. The van der Waals surface area contributed by atoms with Gasteiger partial charge in [-0.3, -0.25) is 14.9 Å². The molecular formula is C22H14Cl3FN2O4. The molecule has 6 nitrogen and oxygen atoms in total. The second-order valence-corrected chi connectivity index (χ2v) is 8.36. The van der Waals surface area contributed by atoms with Crippen LogP contribution in [-0.4, -0.2) is 22.3 Å². The van der Waals surface area contributed by atoms with E-state index in [1.165, 1.54) is 12.1 Å². The fourth-order valence-electron chi connectivity index (χ4n) is 3.45. The first-order chi connectivity index (χ1) is 15.2. The Morgan fingerprint density at radius 3 is 2.41 bits per heavy atom. The first-order valence-electron chi connectivity index (χ1n) is 9.40. The number of non-ortho nitro benzene ring substituents is 1. The van der Waals surface area contributed by atoms with Gasteiger partial charge in [-0.25, -0.2) is 4.39 Å². The lowest BCUT2D eigenvalue weighted by Gasteiger charge is -2.29. The molecule has 1 heterocycles. The number of ether oxygens (including phenoxy) is 1. The molecule has 0 aromatic heterocycles. The Morgan fingerprint density at radius 1 is 1.03 bits per heavy atom. The zero-order valence-corrected chi connectivity index (χ0v) is 18.5. The fourth-order valence-corrected chi connectivity index (χ4v) is 4.21. The Hall–Kier alpha value is -2.87. The molecular weight excluding hydrogens is 482 g/mol. The standard InChI is InChI=1S/C22H14Cl3FN2O4/c23-17-7-12(1-4-20(17)26)11-27-6-5-13-8-15(2-3-16(13)22(27)29)32-21-18(24)9-14(28(30)31)10-19(21)25/h1-4,7-10H,5-6,11H2. The van der Waals surface area contributed by atoms with Crippen LogP contribution in [0.4, 0.5) is 10.1 Å². The predicted octanol–water partition coefficient (Wildman–Crippen LogP) is 6.68. The van der Waals surface area contributed by atoms with Crippen molar-refractivity contribution in [1.82, 2.24) is 4.90 Å². The number of rotatable bonds is 5. The van der Waals surface area contributed by atoms with Crippen LogP contribution < -0.4 is 4.74 Å². The molecule has 0 unspecified atom stereocenters. The van der Waals surface area contributed by atoms with E-state index in [0.717, 1.165) is 23.3 Å². The number of hydrogen-bond acceptors (Lipinski definition) is 4. The molecule has 1 amide bonds. The van der Waals surface area contributed by atoms with Gasteiger partial charge in [0, 0.05) is 30.8 Å². The first-order valence-corrected chi connectivity index (χ1v) is 10.5. The van der Waals surface area contributed by atoms with Gasteiger partial charge in [0.15, 0.2) is 5.75 Å². The molecule has 0 saturated carbocycles. The first kappa shape index (κ1) is 22.3. The predicted molar refractivity (Wildman–Crippen MR) is 119 cm³/mol. The molecule has 3 aromatic carbocycles. The van der Waals surface area contributed by atoms with Gasteiger partial charge >= 0.3 is 0 Å². The Morgan fingerprint density at radius 2 is 1.75 bits per heavy atom. The van der Waals surface area contributed by atoms with Crippen LogP contribution in [0, 0.1) is 15.9 Å². The third-order valence-electron chi connectivity index (χ3n) is 5.02. The molecule has 0 N–H and O–H groups in total. The Labute approximate surface area is 197 Å². The highest BCUT2D eigenvalue weighted by atomic mass is 35.5. The largest absolute Gasteiger partial charge is 0.454 e. The van der Waals surface area contributed by atoms with Crippen molar-refractivity contribution in [3.05, 3.63) is 96.2 Å². The summed E-state index contributed by atoms with van der Waals surface area (Å²) in [5.74, 6) is -0.181. The van der Waals surface area contributed by atoms with E-state index in [4.69, 9.17) is 39.5 Å². The summed E-state index contributed by atoms with van der Waals surface area (Å²) < 4.78 is 19.1. The molecule has 0 aliphatic carbocycles. The molecule has 3 aromatic rings. The second kappa shape index (κ2) is 8.94. The van der Waals surface area contributed by atoms with E-state index in [0.29, 0.717) is 30.8 Å². The topological polar surface area (TPSA) is 72.7 Å². The molecule has 0 fully saturated rings. The van der Waals surface area contributed by atoms with Crippen LogP contribution in [0.3, 0.4) is 0 Å². The van der Waals surface area contributed by atoms with Gasteiger partial charge in [-0.1, -0.05) is 40.9 Å². The van der Waals surface area contributed by atoms with Gasteiger partial charge in [-0.2, -0.15) is 0 Å². The third kappa shape index (κ3) is 4.50. The lowest BCUT2D eigenvalue weighted by Crippen LogP contribution is -2.37. The van der Waals surface area contributed by atoms with Gasteiger partial charge in [0.2, 0.25) is 0 Å². The SMILES string of the molecule is O=C1c2ccc(Oc3c(Cl)cc([N+](=O)[O-])cc3Cl)cc2CCN1Cc1ccc(F)c(Cl)c1. The third-order valence-corrected chi connectivity index (χ3v) is 5.87. The number of halogens is 4. The molecule has 0 atom stereocenters. The normalized spacial score (nSPS) is 13.1. The minimum absolute atomic E-state index is 0.00197. The summed E-state index contributed by atoms with van der Waals surface area (Å²) in [5.41, 5.74) is 1.80. The average molecular weight is 496 g/mol. The van der Waals surface area contributed by atoms with Crippen LogP contribution in [0.2, 0.25) is 15.1 Å². The van der Waals surface area contributed by atoms with Crippen molar-refractivity contribution in [3.63, 3.8) is 0 Å². The number of hydrogen-bond donors (Lipinski definition) is 0. The Kier molecular flexibility index (Phi) is 6.24. The van der Waals surface area contributed by atoms with Crippen molar-refractivity contribution >= 4 is 46.4 Å². The molecule has 0 saturated heterocycles. The Balaban J connectivity index is 1.53. The summed E-state index contributed by atoms with van der Waals surface area (Å²) in [5, 5.41) is 10.9. The van der Waals surface area contributed by atoms with Gasteiger partial charge in [0.25, 0.3) is 11.6 Å². The van der Waals surface area contributed by atoms with Crippen LogP contribution in [-0.2, 0) is 13.0 Å². The van der Waals surface area contributed by atoms with Crippen molar-refractivity contribution in [1.29, 1.82) is 0 Å². The highest BCUT2D eigenvalue weighted by Crippen LogP contribution is 2.40. The van der Waals surface area contributed by atoms with Gasteiger partial charge in [-0.05, 0) is 47.9 Å². The van der Waals surface area contributed by atoms with E-state index in [1.54, 1.807) is 29.2 Å². The molecule has 1 aliphatic heterocycles. The van der Waals surface area contributed by atoms with Crippen molar-refractivity contribution in [2.24, 2.45) is 0 Å². The molecule has 32 heavy (non-hydrogen) atoms. The number of carbonyl (C=O) groups excluding carboxylic acids is 1. The van der Waals surface area contributed by atoms with Gasteiger partial charge in [-0.15, -0.1) is 0 Å². The minimum Gasteiger partial charge on any atom is -0.454 e. The van der Waals surface area contributed by atoms with Crippen molar-refractivity contribution in [2.45, 2.75) is 13.0 Å². The number of fused-ring (bicyclic) bond motifs is 1. The average Bonchev–Trinajstić information content (AvgIpc) is 2.75. The van der Waals surface area contributed by atoms with Crippen LogP contribution in [0.5, 0.6) is 11.5 Å². The van der Waals surface area contributed by atoms with Gasteiger partial charge in [0.1, 0.15) is 11.6 Å². The van der Waals surface area contributed by atoms with Crippen LogP contribution in [0.1, 0.15) is 21.5 Å². The number of nitro groups is 1. The maximum absolute atomic E-state index is 13.4. The zero-order chi connectivity index (χ0) is 23.0. The Bertz CT molecular complexity index is 1230. The lowest BCUT2D eigenvalue weighted by molar-refractivity contribution is -0.384. The number of carbonyl (C=O) groups is 1. The maximum atomic E-state index is 13.4. The summed E-state index contributed by atoms with van der Waals surface area (Å²) in [4.78, 5) is 24.9. The van der Waals surface area contributed by atoms with Crippen molar-refractivity contribution < 1.29 is 18.8 Å². The quantitative estimate of drug-likeness (QED) is 0.292. The number of benzene rings is 3. The zero-order valence-electron chi connectivity index (χ0n) is 16.3. The second-order valence-electron chi connectivity index (χ2n) is 7.14. The van der Waals surface area contributed by atoms with Crippen molar-refractivity contribution in [3.8, 4) is 11.5 Å². The molecule has 0 radical (unpaired) electrons. The molecule has 10 heteroatoms. The summed E-state index contributed by atoms with van der Waals surface area (Å²) in [7, 11) is 0. The van der Waals surface area contributed by atoms with Gasteiger partial charge in [0.05, 0.1) is 20.0 Å². The summed E-state index contributed by atoms with van der Waals surface area (Å²) in [6.45, 7) is 0.772. The summed E-state index contributed by atoms with van der Waals surface area (Å²) >= 11 is 18.0. The van der Waals surface area contributed by atoms with E-state index >= 15 is 0 Å². The molecule has 0 spiro atoms. The van der Waals surface area contributed by atoms with Crippen LogP contribution >= 0.6 is 34.8 Å². The molecule has 4 rings (SSSR count). The maximum Gasteiger partial charge on any atom is 0.272 e. The number of nitrogens with zero attached hydrogens (tertiary/aromatic N) is 2. The number of nitro benzene ring substituents is 1. The smallest absolute Gasteiger partial charge is 0.272 e. The van der Waals surface area contributed by atoms with E-state index in [-0.39, 0.29) is 32.4 Å². The highest BCUT2D eigenvalue weighted by molar-refractivity contribution is 6.37. The van der Waals surface area contributed by atoms with Crippen molar-refractivity contribution in [2.75, 3.05) is 6.54 Å². The summed E-state index contributed by atoms with van der Waals surface area (Å²) in [6, 6.07) is 11.7. The van der Waals surface area contributed by atoms with Gasteiger partial charge < -0.3 is 9.64 Å². The van der Waals surface area contributed by atoms with E-state index in [1.807, 2.05) is 0 Å². The fraction of sp³-hybridized carbons (Fsp3) is 0.136. The monoisotopic (exact) mass is 494 g/mol. The van der Waals surface area contributed by atoms with Crippen LogP contribution in [0.15, 0.2) is 48.5 Å². The van der Waals surface area contributed by atoms with E-state index in [2.05, 4.69) is 0 Å².